The molecule has 0 saturated carbocycles. The highest BCUT2D eigenvalue weighted by molar-refractivity contribution is 6.46. The zero-order valence-electron chi connectivity index (χ0n) is 19.4. The number of hydrogen-bond acceptors (Lipinski definition) is 6. The lowest BCUT2D eigenvalue weighted by Gasteiger charge is -2.31. The lowest BCUT2D eigenvalue weighted by atomic mass is 9.95. The van der Waals surface area contributed by atoms with E-state index in [9.17, 15) is 14.7 Å². The lowest BCUT2D eigenvalue weighted by molar-refractivity contribution is -0.140. The molecule has 2 heterocycles. The number of aliphatic hydroxyl groups excluding tert-OH is 1. The number of carbonyl (C=O) groups excluding carboxylic acids is 2. The van der Waals surface area contributed by atoms with E-state index in [-0.39, 0.29) is 11.3 Å². The number of hydrogen-bond donors (Lipinski definition) is 1. The van der Waals surface area contributed by atoms with Crippen LogP contribution in [-0.2, 0) is 14.3 Å². The van der Waals surface area contributed by atoms with E-state index in [1.165, 1.54) is 0 Å². The molecule has 2 aliphatic heterocycles. The minimum Gasteiger partial charge on any atom is -0.507 e. The molecule has 2 aromatic rings. The fourth-order valence-corrected chi connectivity index (χ4v) is 4.57. The van der Waals surface area contributed by atoms with Gasteiger partial charge >= 0.3 is 0 Å². The number of nitrogens with zero attached hydrogens (tertiary/aromatic N) is 2. The quantitative estimate of drug-likeness (QED) is 0.366. The first-order valence-electron chi connectivity index (χ1n) is 11.5. The van der Waals surface area contributed by atoms with E-state index in [1.54, 1.807) is 47.4 Å². The monoisotopic (exact) mass is 484 g/mol. The molecule has 0 aromatic heterocycles. The number of carbonyl (C=O) groups is 2. The molecule has 0 radical (unpaired) electrons. The van der Waals surface area contributed by atoms with Gasteiger partial charge in [0.15, 0.2) is 0 Å². The Balaban J connectivity index is 1.73. The Hall–Kier alpha value is -2.87. The molecule has 1 N–H and O–H groups in total. The van der Waals surface area contributed by atoms with E-state index < -0.39 is 17.7 Å². The van der Waals surface area contributed by atoms with E-state index in [4.69, 9.17) is 21.1 Å². The first kappa shape index (κ1) is 24.3. The Labute approximate surface area is 204 Å². The van der Waals surface area contributed by atoms with Gasteiger partial charge < -0.3 is 19.5 Å². The van der Waals surface area contributed by atoms with Gasteiger partial charge in [-0.25, -0.2) is 0 Å². The van der Waals surface area contributed by atoms with Crippen LogP contribution in [0.15, 0.2) is 48.0 Å². The summed E-state index contributed by atoms with van der Waals surface area (Å²) in [6, 6.07) is 11.5. The van der Waals surface area contributed by atoms with Gasteiger partial charge in [-0.05, 0) is 55.3 Å². The Bertz CT molecular complexity index is 1090. The van der Waals surface area contributed by atoms with Crippen molar-refractivity contribution in [1.82, 2.24) is 9.80 Å². The maximum absolute atomic E-state index is 13.2. The van der Waals surface area contributed by atoms with E-state index in [0.717, 1.165) is 24.2 Å². The molecule has 0 spiro atoms. The first-order chi connectivity index (χ1) is 16.4. The molecular weight excluding hydrogens is 456 g/mol. The molecule has 34 heavy (non-hydrogen) atoms. The summed E-state index contributed by atoms with van der Waals surface area (Å²) in [5.41, 5.74) is 2.09. The second-order valence-corrected chi connectivity index (χ2v) is 8.85. The van der Waals surface area contributed by atoms with Crippen molar-refractivity contribution in [2.75, 3.05) is 46.0 Å². The number of ketones is 1. The van der Waals surface area contributed by atoms with Crippen molar-refractivity contribution in [2.45, 2.75) is 19.9 Å². The minimum absolute atomic E-state index is 0.0814. The van der Waals surface area contributed by atoms with Crippen LogP contribution < -0.4 is 4.74 Å². The molecule has 2 aliphatic rings. The number of ether oxygens (including phenoxy) is 2. The zero-order chi connectivity index (χ0) is 24.2. The number of benzene rings is 2. The van der Waals surface area contributed by atoms with Crippen LogP contribution in [0, 0.1) is 6.92 Å². The van der Waals surface area contributed by atoms with E-state index in [0.29, 0.717) is 49.2 Å². The van der Waals surface area contributed by atoms with Gasteiger partial charge in [-0.3, -0.25) is 14.5 Å². The Morgan fingerprint density at radius 2 is 1.82 bits per heavy atom. The molecule has 0 unspecified atom stereocenters. The van der Waals surface area contributed by atoms with Gasteiger partial charge in [-0.15, -0.1) is 0 Å². The molecule has 2 fully saturated rings. The summed E-state index contributed by atoms with van der Waals surface area (Å²) in [7, 11) is 0. The van der Waals surface area contributed by atoms with Crippen LogP contribution in [0.2, 0.25) is 5.02 Å². The highest BCUT2D eigenvalue weighted by Gasteiger charge is 2.46. The number of amides is 1. The van der Waals surface area contributed by atoms with Crippen molar-refractivity contribution in [3.63, 3.8) is 0 Å². The molecule has 180 valence electrons. The number of likely N-dealkylation sites (tertiary alicyclic amines) is 1. The molecule has 4 rings (SSSR count). The molecule has 0 aliphatic carbocycles. The van der Waals surface area contributed by atoms with Crippen LogP contribution in [0.5, 0.6) is 5.75 Å². The van der Waals surface area contributed by atoms with Crippen molar-refractivity contribution < 1.29 is 24.2 Å². The minimum atomic E-state index is -0.704. The molecule has 7 nitrogen and oxygen atoms in total. The molecule has 1 atom stereocenters. The van der Waals surface area contributed by atoms with Gasteiger partial charge in [-0.1, -0.05) is 23.7 Å². The maximum atomic E-state index is 13.2. The van der Waals surface area contributed by atoms with Crippen LogP contribution in [-0.4, -0.2) is 72.6 Å². The molecule has 1 amide bonds. The summed E-state index contributed by atoms with van der Waals surface area (Å²) < 4.78 is 11.0. The maximum Gasteiger partial charge on any atom is 0.295 e. The molecule has 2 saturated heterocycles. The topological polar surface area (TPSA) is 79.3 Å². The predicted octanol–water partition coefficient (Wildman–Crippen LogP) is 3.80. The summed E-state index contributed by atoms with van der Waals surface area (Å²) in [5, 5.41) is 11.8. The van der Waals surface area contributed by atoms with Crippen molar-refractivity contribution in [3.8, 4) is 5.75 Å². The van der Waals surface area contributed by atoms with Crippen LogP contribution >= 0.6 is 11.6 Å². The fraction of sp³-hybridized carbons (Fsp3) is 0.385. The van der Waals surface area contributed by atoms with E-state index in [2.05, 4.69) is 4.90 Å². The van der Waals surface area contributed by atoms with Crippen LogP contribution in [0.3, 0.4) is 0 Å². The summed E-state index contributed by atoms with van der Waals surface area (Å²) >= 11 is 6.09. The smallest absolute Gasteiger partial charge is 0.295 e. The van der Waals surface area contributed by atoms with E-state index in [1.807, 2.05) is 13.8 Å². The van der Waals surface area contributed by atoms with Gasteiger partial charge in [0.05, 0.1) is 31.4 Å². The van der Waals surface area contributed by atoms with Gasteiger partial charge in [-0.2, -0.15) is 0 Å². The fourth-order valence-electron chi connectivity index (χ4n) is 4.45. The number of rotatable bonds is 7. The Morgan fingerprint density at radius 1 is 1.12 bits per heavy atom. The Morgan fingerprint density at radius 3 is 2.47 bits per heavy atom. The van der Waals surface area contributed by atoms with E-state index >= 15 is 0 Å². The highest BCUT2D eigenvalue weighted by atomic mass is 35.5. The third-order valence-electron chi connectivity index (χ3n) is 6.23. The van der Waals surface area contributed by atoms with Crippen LogP contribution in [0.4, 0.5) is 0 Å². The standard InChI is InChI=1S/C26H29ClN2O5/c1-3-34-21-9-6-19(16-17(21)2)24(30)22-23(18-4-7-20(27)8-5-18)29(26(32)25(22)31)11-10-28-12-14-33-15-13-28/h4-9,16,23,30H,3,10-15H2,1-2H3/t23-/m1/s1. The summed E-state index contributed by atoms with van der Waals surface area (Å²) in [6.07, 6.45) is 0. The largest absolute Gasteiger partial charge is 0.507 e. The molecule has 0 bridgehead atoms. The number of aliphatic hydroxyl groups is 1. The second kappa shape index (κ2) is 10.6. The molecular formula is C26H29ClN2O5. The van der Waals surface area contributed by atoms with Crippen molar-refractivity contribution in [3.05, 3.63) is 69.8 Å². The predicted molar refractivity (Wildman–Crippen MR) is 130 cm³/mol. The third-order valence-corrected chi connectivity index (χ3v) is 6.49. The second-order valence-electron chi connectivity index (χ2n) is 8.41. The van der Waals surface area contributed by atoms with Crippen molar-refractivity contribution >= 4 is 29.1 Å². The van der Waals surface area contributed by atoms with Crippen LogP contribution in [0.25, 0.3) is 5.76 Å². The van der Waals surface area contributed by atoms with Gasteiger partial charge in [0.2, 0.25) is 0 Å². The third kappa shape index (κ3) is 4.97. The number of halogens is 1. The SMILES string of the molecule is CCOc1ccc(C(O)=C2C(=O)C(=O)N(CCN3CCOCC3)[C@@H]2c2ccc(Cl)cc2)cc1C. The average Bonchev–Trinajstić information content (AvgIpc) is 3.09. The summed E-state index contributed by atoms with van der Waals surface area (Å²) in [4.78, 5) is 30.1. The summed E-state index contributed by atoms with van der Waals surface area (Å²) in [6.45, 7) is 8.13. The highest BCUT2D eigenvalue weighted by Crippen LogP contribution is 2.40. The first-order valence-corrected chi connectivity index (χ1v) is 11.9. The molecule has 2 aromatic carbocycles. The number of morpholine rings is 1. The number of Topliss-reactive ketones (excluding diaryl/α,β-unsaturated/α-hetero) is 1. The molecule has 8 heteroatoms. The number of aryl methyl sites for hydroxylation is 1. The summed E-state index contributed by atoms with van der Waals surface area (Å²) in [5.74, 6) is -0.791. The van der Waals surface area contributed by atoms with Gasteiger partial charge in [0, 0.05) is 36.8 Å². The lowest BCUT2D eigenvalue weighted by Crippen LogP contribution is -2.42. The Kier molecular flexibility index (Phi) is 7.56. The van der Waals surface area contributed by atoms with Gasteiger partial charge in [0.1, 0.15) is 11.5 Å². The van der Waals surface area contributed by atoms with Crippen molar-refractivity contribution in [2.24, 2.45) is 0 Å². The van der Waals surface area contributed by atoms with Crippen molar-refractivity contribution in [1.29, 1.82) is 0 Å². The van der Waals surface area contributed by atoms with Gasteiger partial charge in [0.25, 0.3) is 11.7 Å². The average molecular weight is 485 g/mol. The zero-order valence-corrected chi connectivity index (χ0v) is 20.2. The van der Waals surface area contributed by atoms with Crippen LogP contribution in [0.1, 0.15) is 29.7 Å². The normalized spacial score (nSPS) is 20.7.